The SMILES string of the molecule is CC(=O)NC(CC(=O)OCC(=O)Nc1ccc(C)cc1)c1ccccc1. The second-order valence-electron chi connectivity index (χ2n) is 5.94. The zero-order valence-electron chi connectivity index (χ0n) is 14.8. The number of nitrogens with one attached hydrogen (secondary N) is 2. The van der Waals surface area contributed by atoms with Gasteiger partial charge in [0.25, 0.3) is 5.91 Å². The van der Waals surface area contributed by atoms with E-state index in [4.69, 9.17) is 4.74 Å². The molecule has 0 spiro atoms. The number of esters is 1. The van der Waals surface area contributed by atoms with Crippen molar-refractivity contribution in [3.05, 3.63) is 65.7 Å². The number of rotatable bonds is 7. The molecule has 0 aliphatic heterocycles. The van der Waals surface area contributed by atoms with Gasteiger partial charge in [-0.15, -0.1) is 0 Å². The van der Waals surface area contributed by atoms with E-state index in [9.17, 15) is 14.4 Å². The first kappa shape index (κ1) is 19.2. The van der Waals surface area contributed by atoms with Crippen LogP contribution in [0.5, 0.6) is 0 Å². The number of carbonyl (C=O) groups is 3. The first-order chi connectivity index (χ1) is 12.4. The summed E-state index contributed by atoms with van der Waals surface area (Å²) in [7, 11) is 0. The fourth-order valence-corrected chi connectivity index (χ4v) is 2.39. The molecular weight excluding hydrogens is 332 g/mol. The topological polar surface area (TPSA) is 84.5 Å². The molecule has 2 aromatic carbocycles. The van der Waals surface area contributed by atoms with Crippen molar-refractivity contribution in [1.29, 1.82) is 0 Å². The van der Waals surface area contributed by atoms with Crippen molar-refractivity contribution in [3.63, 3.8) is 0 Å². The lowest BCUT2D eigenvalue weighted by Gasteiger charge is -2.17. The highest BCUT2D eigenvalue weighted by atomic mass is 16.5. The average molecular weight is 354 g/mol. The van der Waals surface area contributed by atoms with E-state index in [0.717, 1.165) is 11.1 Å². The van der Waals surface area contributed by atoms with E-state index in [1.165, 1.54) is 6.92 Å². The van der Waals surface area contributed by atoms with E-state index >= 15 is 0 Å². The molecule has 0 aromatic heterocycles. The number of hydrogen-bond acceptors (Lipinski definition) is 4. The summed E-state index contributed by atoms with van der Waals surface area (Å²) in [4.78, 5) is 35.3. The lowest BCUT2D eigenvalue weighted by Crippen LogP contribution is -2.29. The van der Waals surface area contributed by atoms with Gasteiger partial charge in [0, 0.05) is 12.6 Å². The van der Waals surface area contributed by atoms with Crippen LogP contribution in [0, 0.1) is 6.92 Å². The second-order valence-corrected chi connectivity index (χ2v) is 5.94. The number of aryl methyl sites for hydroxylation is 1. The predicted molar refractivity (Wildman–Crippen MR) is 98.4 cm³/mol. The van der Waals surface area contributed by atoms with E-state index in [1.54, 1.807) is 12.1 Å². The fraction of sp³-hybridized carbons (Fsp3) is 0.250. The minimum atomic E-state index is -0.563. The molecule has 0 radical (unpaired) electrons. The van der Waals surface area contributed by atoms with Gasteiger partial charge in [-0.05, 0) is 24.6 Å². The molecule has 0 aliphatic carbocycles. The van der Waals surface area contributed by atoms with E-state index in [2.05, 4.69) is 10.6 Å². The van der Waals surface area contributed by atoms with Gasteiger partial charge >= 0.3 is 5.97 Å². The molecular formula is C20H22N2O4. The molecule has 2 amide bonds. The normalized spacial score (nSPS) is 11.3. The van der Waals surface area contributed by atoms with Crippen LogP contribution in [0.25, 0.3) is 0 Å². The van der Waals surface area contributed by atoms with Crippen molar-refractivity contribution >= 4 is 23.5 Å². The molecule has 0 saturated carbocycles. The Morgan fingerprint density at radius 1 is 1.00 bits per heavy atom. The van der Waals surface area contributed by atoms with Crippen molar-refractivity contribution in [1.82, 2.24) is 5.32 Å². The van der Waals surface area contributed by atoms with Gasteiger partial charge in [0.1, 0.15) is 0 Å². The maximum absolute atomic E-state index is 12.1. The van der Waals surface area contributed by atoms with Crippen LogP contribution in [-0.2, 0) is 19.1 Å². The maximum atomic E-state index is 12.1. The molecule has 6 nitrogen and oxygen atoms in total. The third-order valence-corrected chi connectivity index (χ3v) is 3.65. The number of ether oxygens (including phenoxy) is 1. The highest BCUT2D eigenvalue weighted by Gasteiger charge is 2.18. The third-order valence-electron chi connectivity index (χ3n) is 3.65. The Morgan fingerprint density at radius 2 is 1.65 bits per heavy atom. The van der Waals surface area contributed by atoms with Gasteiger partial charge in [0.2, 0.25) is 5.91 Å². The minimum absolute atomic E-state index is 0.0542. The van der Waals surface area contributed by atoms with Crippen molar-refractivity contribution < 1.29 is 19.1 Å². The number of benzene rings is 2. The Kier molecular flexibility index (Phi) is 6.91. The molecule has 0 heterocycles. The van der Waals surface area contributed by atoms with E-state index < -0.39 is 17.9 Å². The summed E-state index contributed by atoms with van der Waals surface area (Å²) in [6.07, 6.45) is -0.0542. The summed E-state index contributed by atoms with van der Waals surface area (Å²) in [5.41, 5.74) is 2.51. The van der Waals surface area contributed by atoms with Crippen molar-refractivity contribution in [2.75, 3.05) is 11.9 Å². The Labute approximate surface area is 152 Å². The molecule has 0 fully saturated rings. The van der Waals surface area contributed by atoms with Crippen molar-refractivity contribution in [3.8, 4) is 0 Å². The maximum Gasteiger partial charge on any atom is 0.308 e. The summed E-state index contributed by atoms with van der Waals surface area (Å²) in [6.45, 7) is 2.95. The zero-order valence-corrected chi connectivity index (χ0v) is 14.8. The lowest BCUT2D eigenvalue weighted by molar-refractivity contribution is -0.148. The van der Waals surface area contributed by atoms with E-state index in [-0.39, 0.29) is 18.9 Å². The van der Waals surface area contributed by atoms with Crippen LogP contribution in [-0.4, -0.2) is 24.4 Å². The minimum Gasteiger partial charge on any atom is -0.455 e. The van der Waals surface area contributed by atoms with Crippen LogP contribution < -0.4 is 10.6 Å². The van der Waals surface area contributed by atoms with Crippen LogP contribution in [0.3, 0.4) is 0 Å². The van der Waals surface area contributed by atoms with Crippen LogP contribution in [0.15, 0.2) is 54.6 Å². The van der Waals surface area contributed by atoms with Gasteiger partial charge in [-0.3, -0.25) is 14.4 Å². The standard InChI is InChI=1S/C20H22N2O4/c1-14-8-10-17(11-9-14)22-19(24)13-26-20(25)12-18(21-15(2)23)16-6-4-3-5-7-16/h3-11,18H,12-13H2,1-2H3,(H,21,23)(H,22,24). The number of amides is 2. The first-order valence-corrected chi connectivity index (χ1v) is 8.28. The molecule has 0 bridgehead atoms. The lowest BCUT2D eigenvalue weighted by atomic mass is 10.0. The summed E-state index contributed by atoms with van der Waals surface area (Å²) in [6, 6.07) is 15.9. The Balaban J connectivity index is 1.86. The fourth-order valence-electron chi connectivity index (χ4n) is 2.39. The molecule has 1 atom stereocenters. The molecule has 0 aliphatic rings. The number of anilines is 1. The van der Waals surface area contributed by atoms with Gasteiger partial charge < -0.3 is 15.4 Å². The van der Waals surface area contributed by atoms with Gasteiger partial charge in [0.15, 0.2) is 6.61 Å². The van der Waals surface area contributed by atoms with Crippen LogP contribution >= 0.6 is 0 Å². The monoisotopic (exact) mass is 354 g/mol. The third kappa shape index (κ3) is 6.39. The smallest absolute Gasteiger partial charge is 0.308 e. The first-order valence-electron chi connectivity index (χ1n) is 8.28. The molecule has 2 aromatic rings. The second kappa shape index (κ2) is 9.36. The summed E-state index contributed by atoms with van der Waals surface area (Å²) in [5.74, 6) is -1.23. The van der Waals surface area contributed by atoms with Gasteiger partial charge in [0.05, 0.1) is 12.5 Å². The Hall–Kier alpha value is -3.15. The summed E-state index contributed by atoms with van der Waals surface area (Å²) in [5, 5.41) is 5.38. The average Bonchev–Trinajstić information content (AvgIpc) is 2.62. The van der Waals surface area contributed by atoms with Crippen LogP contribution in [0.2, 0.25) is 0 Å². The van der Waals surface area contributed by atoms with Gasteiger partial charge in [-0.25, -0.2) is 0 Å². The Bertz CT molecular complexity index is 757. The van der Waals surface area contributed by atoms with Crippen LogP contribution in [0.1, 0.15) is 30.5 Å². The number of hydrogen-bond donors (Lipinski definition) is 2. The summed E-state index contributed by atoms with van der Waals surface area (Å²) >= 11 is 0. The van der Waals surface area contributed by atoms with Crippen molar-refractivity contribution in [2.45, 2.75) is 26.3 Å². The number of carbonyl (C=O) groups excluding carboxylic acids is 3. The largest absolute Gasteiger partial charge is 0.455 e. The highest BCUT2D eigenvalue weighted by molar-refractivity contribution is 5.92. The zero-order chi connectivity index (χ0) is 18.9. The van der Waals surface area contributed by atoms with Crippen LogP contribution in [0.4, 0.5) is 5.69 Å². The van der Waals surface area contributed by atoms with E-state index in [1.807, 2.05) is 49.4 Å². The molecule has 6 heteroatoms. The molecule has 0 saturated heterocycles. The molecule has 2 N–H and O–H groups in total. The summed E-state index contributed by atoms with van der Waals surface area (Å²) < 4.78 is 5.03. The molecule has 2 rings (SSSR count). The molecule has 136 valence electrons. The quantitative estimate of drug-likeness (QED) is 0.749. The molecule has 26 heavy (non-hydrogen) atoms. The van der Waals surface area contributed by atoms with Crippen molar-refractivity contribution in [2.24, 2.45) is 0 Å². The van der Waals surface area contributed by atoms with Gasteiger partial charge in [-0.2, -0.15) is 0 Å². The Morgan fingerprint density at radius 3 is 2.27 bits per heavy atom. The van der Waals surface area contributed by atoms with Gasteiger partial charge in [-0.1, -0.05) is 48.0 Å². The van der Waals surface area contributed by atoms with E-state index in [0.29, 0.717) is 5.69 Å². The predicted octanol–water partition coefficient (Wildman–Crippen LogP) is 2.74. The molecule has 1 unspecified atom stereocenters. The highest BCUT2D eigenvalue weighted by Crippen LogP contribution is 2.17.